The molecule has 0 radical (unpaired) electrons. The molecule has 4 heteroatoms. The minimum Gasteiger partial charge on any atom is -0.507 e. The molecule has 1 fully saturated rings. The van der Waals surface area contributed by atoms with Crippen LogP contribution in [0.15, 0.2) is 24.3 Å². The first-order valence-corrected chi connectivity index (χ1v) is 11.7. The molecule has 4 nitrogen and oxygen atoms in total. The number of aliphatic hydroxyl groups is 2. The predicted octanol–water partition coefficient (Wildman–Crippen LogP) is 5.62. The third kappa shape index (κ3) is 4.91. The highest BCUT2D eigenvalue weighted by Gasteiger charge is 2.33. The molecule has 0 amide bonds. The molecule has 0 aromatic heterocycles. The Morgan fingerprint density at radius 1 is 0.710 bits per heavy atom. The Bertz CT molecular complexity index is 833. The van der Waals surface area contributed by atoms with Crippen molar-refractivity contribution in [3.63, 3.8) is 0 Å². The van der Waals surface area contributed by atoms with E-state index >= 15 is 0 Å². The maximum absolute atomic E-state index is 11.3. The van der Waals surface area contributed by atoms with Crippen molar-refractivity contribution in [2.45, 2.75) is 77.6 Å². The number of benzene rings is 2. The van der Waals surface area contributed by atoms with Crippen LogP contribution in [0.5, 0.6) is 11.5 Å². The van der Waals surface area contributed by atoms with Crippen molar-refractivity contribution in [2.24, 2.45) is 5.92 Å². The highest BCUT2D eigenvalue weighted by Crippen LogP contribution is 2.49. The molecule has 0 bridgehead atoms. The molecule has 0 aliphatic heterocycles. The van der Waals surface area contributed by atoms with Crippen LogP contribution in [0.1, 0.15) is 97.1 Å². The first-order chi connectivity index (χ1) is 14.8. The molecule has 2 aromatic rings. The molecular formula is C27H38O4. The fraction of sp³-hybridized carbons (Fsp3) is 0.556. The van der Waals surface area contributed by atoms with Gasteiger partial charge in [0.15, 0.2) is 0 Å². The van der Waals surface area contributed by atoms with Gasteiger partial charge in [0.2, 0.25) is 0 Å². The number of hydrogen-bond acceptors (Lipinski definition) is 4. The van der Waals surface area contributed by atoms with Crippen LogP contribution in [0.4, 0.5) is 0 Å². The van der Waals surface area contributed by atoms with Crippen molar-refractivity contribution >= 4 is 0 Å². The number of aliphatic hydroxyl groups excluding tert-OH is 2. The van der Waals surface area contributed by atoms with Gasteiger partial charge in [-0.15, -0.1) is 0 Å². The summed E-state index contributed by atoms with van der Waals surface area (Å²) in [6.45, 7) is 7.81. The van der Waals surface area contributed by atoms with Crippen LogP contribution in [0.3, 0.4) is 0 Å². The maximum atomic E-state index is 11.3. The second-order valence-electron chi connectivity index (χ2n) is 9.63. The van der Waals surface area contributed by atoms with Crippen LogP contribution in [0, 0.1) is 19.8 Å². The lowest BCUT2D eigenvalue weighted by molar-refractivity contribution is 0.268. The molecule has 3 rings (SSSR count). The number of aromatic hydroxyl groups is 2. The lowest BCUT2D eigenvalue weighted by Gasteiger charge is -2.33. The summed E-state index contributed by atoms with van der Waals surface area (Å²) in [5.41, 5.74) is 5.28. The van der Waals surface area contributed by atoms with Gasteiger partial charge in [0.05, 0.1) is 0 Å². The molecule has 2 atom stereocenters. The normalized spacial score (nSPS) is 18.0. The van der Waals surface area contributed by atoms with Crippen LogP contribution in [-0.4, -0.2) is 33.6 Å². The molecule has 1 saturated carbocycles. The van der Waals surface area contributed by atoms with Crippen LogP contribution < -0.4 is 0 Å². The SMILES string of the molecule is Cc1cc(C(C)CO)c(O)c(C(c2cc(C)cc(C(C)CO)c2O)C2CCCCC2)c1. The van der Waals surface area contributed by atoms with Gasteiger partial charge in [-0.1, -0.05) is 68.5 Å². The van der Waals surface area contributed by atoms with Gasteiger partial charge in [0.1, 0.15) is 11.5 Å². The Kier molecular flexibility index (Phi) is 7.66. The van der Waals surface area contributed by atoms with Crippen LogP contribution in [-0.2, 0) is 0 Å². The zero-order chi connectivity index (χ0) is 22.7. The van der Waals surface area contributed by atoms with Crippen molar-refractivity contribution in [1.82, 2.24) is 0 Å². The van der Waals surface area contributed by atoms with E-state index in [1.165, 1.54) is 6.42 Å². The van der Waals surface area contributed by atoms with Crippen LogP contribution in [0.25, 0.3) is 0 Å². The molecule has 170 valence electrons. The minimum absolute atomic E-state index is 0.0294. The van der Waals surface area contributed by atoms with Gasteiger partial charge in [0.25, 0.3) is 0 Å². The second-order valence-corrected chi connectivity index (χ2v) is 9.63. The van der Waals surface area contributed by atoms with Crippen molar-refractivity contribution in [3.8, 4) is 11.5 Å². The Morgan fingerprint density at radius 2 is 1.10 bits per heavy atom. The summed E-state index contributed by atoms with van der Waals surface area (Å²) < 4.78 is 0. The van der Waals surface area contributed by atoms with E-state index in [9.17, 15) is 20.4 Å². The summed E-state index contributed by atoms with van der Waals surface area (Å²) in [4.78, 5) is 0. The number of rotatable bonds is 7. The van der Waals surface area contributed by atoms with Crippen LogP contribution >= 0.6 is 0 Å². The zero-order valence-corrected chi connectivity index (χ0v) is 19.4. The van der Waals surface area contributed by atoms with Gasteiger partial charge in [-0.25, -0.2) is 0 Å². The van der Waals surface area contributed by atoms with Gasteiger partial charge in [0, 0.05) is 42.1 Å². The first-order valence-electron chi connectivity index (χ1n) is 11.7. The quantitative estimate of drug-likeness (QED) is 0.463. The largest absolute Gasteiger partial charge is 0.507 e. The van der Waals surface area contributed by atoms with E-state index in [0.717, 1.165) is 59.1 Å². The summed E-state index contributed by atoms with van der Waals surface area (Å²) in [5, 5.41) is 42.1. The fourth-order valence-electron chi connectivity index (χ4n) is 5.24. The predicted molar refractivity (Wildman–Crippen MR) is 125 cm³/mol. The Balaban J connectivity index is 2.25. The first kappa shape index (κ1) is 23.6. The molecule has 31 heavy (non-hydrogen) atoms. The maximum Gasteiger partial charge on any atom is 0.122 e. The van der Waals surface area contributed by atoms with Crippen molar-refractivity contribution in [3.05, 3.63) is 57.6 Å². The van der Waals surface area contributed by atoms with Crippen LogP contribution in [0.2, 0.25) is 0 Å². The van der Waals surface area contributed by atoms with E-state index in [-0.39, 0.29) is 42.5 Å². The number of aryl methyl sites for hydroxylation is 2. The summed E-state index contributed by atoms with van der Waals surface area (Å²) in [6, 6.07) is 7.98. The summed E-state index contributed by atoms with van der Waals surface area (Å²) in [6.07, 6.45) is 5.64. The highest BCUT2D eigenvalue weighted by atomic mass is 16.3. The fourth-order valence-corrected chi connectivity index (χ4v) is 5.24. The van der Waals surface area contributed by atoms with Gasteiger partial charge < -0.3 is 20.4 Å². The monoisotopic (exact) mass is 426 g/mol. The Labute approximate surface area is 186 Å². The number of phenolic OH excluding ortho intramolecular Hbond substituents is 2. The average molecular weight is 427 g/mol. The molecule has 1 aliphatic rings. The second kappa shape index (κ2) is 10.1. The third-order valence-electron chi connectivity index (χ3n) is 7.03. The van der Waals surface area contributed by atoms with E-state index in [2.05, 4.69) is 0 Å². The standard InChI is InChI=1S/C27H38O4/c1-16-10-21(18(3)14-28)26(30)23(12-16)25(20-8-6-5-7-9-20)24-13-17(2)11-22(27(24)31)19(4)15-29/h10-13,18-20,25,28-31H,5-9,14-15H2,1-4H3. The molecule has 4 N–H and O–H groups in total. The van der Waals surface area contributed by atoms with Crippen molar-refractivity contribution in [1.29, 1.82) is 0 Å². The molecule has 2 aromatic carbocycles. The molecule has 2 unspecified atom stereocenters. The van der Waals surface area contributed by atoms with Gasteiger partial charge >= 0.3 is 0 Å². The lowest BCUT2D eigenvalue weighted by atomic mass is 9.71. The molecule has 1 aliphatic carbocycles. The van der Waals surface area contributed by atoms with E-state index in [4.69, 9.17) is 0 Å². The summed E-state index contributed by atoms with van der Waals surface area (Å²) >= 11 is 0. The summed E-state index contributed by atoms with van der Waals surface area (Å²) in [7, 11) is 0. The number of hydrogen-bond donors (Lipinski definition) is 4. The van der Waals surface area contributed by atoms with Crippen molar-refractivity contribution in [2.75, 3.05) is 13.2 Å². The van der Waals surface area contributed by atoms with E-state index in [1.807, 2.05) is 52.0 Å². The van der Waals surface area contributed by atoms with Gasteiger partial charge in [-0.2, -0.15) is 0 Å². The molecular weight excluding hydrogens is 388 g/mol. The molecule has 0 heterocycles. The third-order valence-corrected chi connectivity index (χ3v) is 7.03. The summed E-state index contributed by atoms with van der Waals surface area (Å²) in [5.74, 6) is 0.336. The van der Waals surface area contributed by atoms with Crippen molar-refractivity contribution < 1.29 is 20.4 Å². The Hall–Kier alpha value is -2.04. The van der Waals surface area contributed by atoms with Gasteiger partial charge in [-0.05, 0) is 43.7 Å². The zero-order valence-electron chi connectivity index (χ0n) is 19.4. The van der Waals surface area contributed by atoms with E-state index in [1.54, 1.807) is 0 Å². The van der Waals surface area contributed by atoms with E-state index in [0.29, 0.717) is 5.92 Å². The number of phenols is 2. The molecule has 0 saturated heterocycles. The average Bonchev–Trinajstić information content (AvgIpc) is 2.77. The molecule has 0 spiro atoms. The Morgan fingerprint density at radius 3 is 1.48 bits per heavy atom. The topological polar surface area (TPSA) is 80.9 Å². The highest BCUT2D eigenvalue weighted by molar-refractivity contribution is 5.55. The van der Waals surface area contributed by atoms with E-state index < -0.39 is 0 Å². The minimum atomic E-state index is -0.165. The lowest BCUT2D eigenvalue weighted by Crippen LogP contribution is -2.19. The van der Waals surface area contributed by atoms with Gasteiger partial charge in [-0.3, -0.25) is 0 Å². The smallest absolute Gasteiger partial charge is 0.122 e.